The molecule has 1 heterocycles. The monoisotopic (exact) mass is 401 g/mol. The Morgan fingerprint density at radius 1 is 1.18 bits per heavy atom. The summed E-state index contributed by atoms with van der Waals surface area (Å²) in [4.78, 5) is 13.7. The van der Waals surface area contributed by atoms with Gasteiger partial charge in [0, 0.05) is 16.1 Å². The van der Waals surface area contributed by atoms with Crippen molar-refractivity contribution in [2.45, 2.75) is 19.5 Å². The third-order valence-electron chi connectivity index (χ3n) is 4.12. The van der Waals surface area contributed by atoms with Crippen molar-refractivity contribution in [1.82, 2.24) is 25.5 Å². The molecule has 0 aliphatic heterocycles. The van der Waals surface area contributed by atoms with Crippen molar-refractivity contribution >= 4 is 17.5 Å². The van der Waals surface area contributed by atoms with E-state index in [1.165, 1.54) is 4.80 Å². The number of benzene rings is 2. The molecule has 0 fully saturated rings. The molecule has 1 amide bonds. The van der Waals surface area contributed by atoms with Crippen molar-refractivity contribution in [3.05, 3.63) is 53.1 Å². The average Bonchev–Trinajstić information content (AvgIpc) is 3.16. The predicted molar refractivity (Wildman–Crippen MR) is 104 cm³/mol. The number of carbonyl (C=O) groups is 1. The molecule has 9 heteroatoms. The number of aromatic nitrogens is 4. The zero-order valence-electron chi connectivity index (χ0n) is 15.7. The fraction of sp³-hybridized carbons (Fsp3) is 0.263. The summed E-state index contributed by atoms with van der Waals surface area (Å²) in [5.41, 5.74) is 1.58. The summed E-state index contributed by atoms with van der Waals surface area (Å²) >= 11 is 5.88. The Bertz CT molecular complexity index is 958. The standard InChI is InChI=1S/C19H20ClN5O3/c1-12(16-10-15(27-2)8-9-17(16)28-3)21-18(26)11-25-23-19(22-24-25)13-4-6-14(20)7-5-13/h4-10,12H,11H2,1-3H3,(H,21,26). The maximum Gasteiger partial charge on any atom is 0.244 e. The second kappa shape index (κ2) is 8.71. The van der Waals surface area contributed by atoms with E-state index >= 15 is 0 Å². The molecule has 1 N–H and O–H groups in total. The first-order valence-electron chi connectivity index (χ1n) is 8.55. The first-order valence-corrected chi connectivity index (χ1v) is 8.93. The normalized spacial score (nSPS) is 11.7. The topological polar surface area (TPSA) is 91.2 Å². The maximum absolute atomic E-state index is 12.4. The van der Waals surface area contributed by atoms with Gasteiger partial charge in [-0.2, -0.15) is 4.80 Å². The van der Waals surface area contributed by atoms with Crippen LogP contribution in [-0.2, 0) is 11.3 Å². The number of hydrogen-bond acceptors (Lipinski definition) is 6. The Labute approximate surface area is 167 Å². The van der Waals surface area contributed by atoms with Crippen LogP contribution in [-0.4, -0.2) is 40.3 Å². The van der Waals surface area contributed by atoms with Crippen LogP contribution in [0.4, 0.5) is 0 Å². The fourth-order valence-electron chi connectivity index (χ4n) is 2.70. The van der Waals surface area contributed by atoms with Crippen molar-refractivity contribution in [3.63, 3.8) is 0 Å². The Kier molecular flexibility index (Phi) is 6.10. The molecule has 146 valence electrons. The van der Waals surface area contributed by atoms with E-state index in [-0.39, 0.29) is 18.5 Å². The Hall–Kier alpha value is -3.13. The molecule has 0 aliphatic rings. The number of nitrogens with one attached hydrogen (secondary N) is 1. The highest BCUT2D eigenvalue weighted by atomic mass is 35.5. The maximum atomic E-state index is 12.4. The van der Waals surface area contributed by atoms with Gasteiger partial charge in [0.1, 0.15) is 18.0 Å². The van der Waals surface area contributed by atoms with Gasteiger partial charge in [-0.3, -0.25) is 4.79 Å². The van der Waals surface area contributed by atoms with Crippen LogP contribution in [0.1, 0.15) is 18.5 Å². The lowest BCUT2D eigenvalue weighted by Crippen LogP contribution is -2.31. The zero-order valence-corrected chi connectivity index (χ0v) is 16.5. The van der Waals surface area contributed by atoms with E-state index < -0.39 is 0 Å². The summed E-state index contributed by atoms with van der Waals surface area (Å²) in [6, 6.07) is 12.2. The summed E-state index contributed by atoms with van der Waals surface area (Å²) in [5.74, 6) is 1.52. The Morgan fingerprint density at radius 3 is 2.61 bits per heavy atom. The van der Waals surface area contributed by atoms with Gasteiger partial charge in [-0.15, -0.1) is 10.2 Å². The van der Waals surface area contributed by atoms with Crippen molar-refractivity contribution in [3.8, 4) is 22.9 Å². The number of nitrogens with zero attached hydrogens (tertiary/aromatic N) is 4. The number of hydrogen-bond donors (Lipinski definition) is 1. The highest BCUT2D eigenvalue weighted by Gasteiger charge is 2.16. The lowest BCUT2D eigenvalue weighted by molar-refractivity contribution is -0.122. The molecule has 1 unspecified atom stereocenters. The van der Waals surface area contributed by atoms with Crippen LogP contribution >= 0.6 is 11.6 Å². The van der Waals surface area contributed by atoms with Crippen LogP contribution in [0, 0.1) is 0 Å². The molecule has 2 aromatic carbocycles. The molecule has 0 saturated carbocycles. The quantitative estimate of drug-likeness (QED) is 0.654. The molecule has 28 heavy (non-hydrogen) atoms. The minimum Gasteiger partial charge on any atom is -0.497 e. The van der Waals surface area contributed by atoms with E-state index in [1.807, 2.05) is 13.0 Å². The number of ether oxygens (including phenoxy) is 2. The zero-order chi connectivity index (χ0) is 20.1. The van der Waals surface area contributed by atoms with Crippen LogP contribution in [0.15, 0.2) is 42.5 Å². The van der Waals surface area contributed by atoms with Crippen molar-refractivity contribution in [1.29, 1.82) is 0 Å². The number of halogens is 1. The molecule has 0 aliphatic carbocycles. The van der Waals surface area contributed by atoms with Gasteiger partial charge in [-0.25, -0.2) is 0 Å². The van der Waals surface area contributed by atoms with E-state index in [1.54, 1.807) is 50.6 Å². The van der Waals surface area contributed by atoms with E-state index in [2.05, 4.69) is 20.7 Å². The highest BCUT2D eigenvalue weighted by Crippen LogP contribution is 2.29. The number of rotatable bonds is 7. The van der Waals surface area contributed by atoms with Gasteiger partial charge in [0.2, 0.25) is 11.7 Å². The Morgan fingerprint density at radius 2 is 1.93 bits per heavy atom. The van der Waals surface area contributed by atoms with Crippen LogP contribution < -0.4 is 14.8 Å². The van der Waals surface area contributed by atoms with Gasteiger partial charge in [0.15, 0.2) is 0 Å². The first-order chi connectivity index (χ1) is 13.5. The molecule has 1 aromatic heterocycles. The molecular weight excluding hydrogens is 382 g/mol. The van der Waals surface area contributed by atoms with E-state index in [4.69, 9.17) is 21.1 Å². The third-order valence-corrected chi connectivity index (χ3v) is 4.37. The second-order valence-corrected chi connectivity index (χ2v) is 6.48. The number of tetrazole rings is 1. The molecule has 0 radical (unpaired) electrons. The van der Waals surface area contributed by atoms with Gasteiger partial charge in [0.25, 0.3) is 0 Å². The van der Waals surface area contributed by atoms with Crippen LogP contribution in [0.3, 0.4) is 0 Å². The molecule has 0 spiro atoms. The molecule has 3 rings (SSSR count). The molecule has 0 bridgehead atoms. The van der Waals surface area contributed by atoms with Gasteiger partial charge >= 0.3 is 0 Å². The molecule has 3 aromatic rings. The fourth-order valence-corrected chi connectivity index (χ4v) is 2.82. The molecule has 1 atom stereocenters. The van der Waals surface area contributed by atoms with Crippen LogP contribution in [0.2, 0.25) is 5.02 Å². The second-order valence-electron chi connectivity index (χ2n) is 6.05. The van der Waals surface area contributed by atoms with E-state index in [0.29, 0.717) is 22.3 Å². The van der Waals surface area contributed by atoms with Crippen molar-refractivity contribution in [2.75, 3.05) is 14.2 Å². The lowest BCUT2D eigenvalue weighted by atomic mass is 10.1. The first kappa shape index (κ1) is 19.6. The summed E-state index contributed by atoms with van der Waals surface area (Å²) in [6.07, 6.45) is 0. The van der Waals surface area contributed by atoms with Crippen LogP contribution in [0.25, 0.3) is 11.4 Å². The lowest BCUT2D eigenvalue weighted by Gasteiger charge is -2.18. The number of carbonyl (C=O) groups excluding carboxylic acids is 1. The molecule has 8 nitrogen and oxygen atoms in total. The van der Waals surface area contributed by atoms with Gasteiger partial charge in [-0.1, -0.05) is 11.6 Å². The molecule has 0 saturated heterocycles. The van der Waals surface area contributed by atoms with Gasteiger partial charge in [0.05, 0.1) is 20.3 Å². The Balaban J connectivity index is 1.67. The van der Waals surface area contributed by atoms with E-state index in [0.717, 1.165) is 11.1 Å². The van der Waals surface area contributed by atoms with Gasteiger partial charge < -0.3 is 14.8 Å². The summed E-state index contributed by atoms with van der Waals surface area (Å²) in [6.45, 7) is 1.81. The smallest absolute Gasteiger partial charge is 0.244 e. The largest absolute Gasteiger partial charge is 0.497 e. The molecular formula is C19H20ClN5O3. The summed E-state index contributed by atoms with van der Waals surface area (Å²) in [7, 11) is 3.17. The minimum atomic E-state index is -0.295. The van der Waals surface area contributed by atoms with Crippen molar-refractivity contribution in [2.24, 2.45) is 0 Å². The van der Waals surface area contributed by atoms with Crippen LogP contribution in [0.5, 0.6) is 11.5 Å². The van der Waals surface area contributed by atoms with Crippen molar-refractivity contribution < 1.29 is 14.3 Å². The third kappa shape index (κ3) is 4.58. The summed E-state index contributed by atoms with van der Waals surface area (Å²) < 4.78 is 10.6. The highest BCUT2D eigenvalue weighted by molar-refractivity contribution is 6.30. The number of methoxy groups -OCH3 is 2. The average molecular weight is 402 g/mol. The summed E-state index contributed by atoms with van der Waals surface area (Å²) in [5, 5.41) is 15.7. The number of amides is 1. The minimum absolute atomic E-state index is 0.0583. The van der Waals surface area contributed by atoms with Gasteiger partial charge in [-0.05, 0) is 54.6 Å². The SMILES string of the molecule is COc1ccc(OC)c(C(C)NC(=O)Cn2nnc(-c3ccc(Cl)cc3)n2)c1. The van der Waals surface area contributed by atoms with E-state index in [9.17, 15) is 4.79 Å². The predicted octanol–water partition coefficient (Wildman–Crippen LogP) is 2.89.